The van der Waals surface area contributed by atoms with E-state index in [0.717, 1.165) is 52.9 Å². The lowest BCUT2D eigenvalue weighted by Crippen LogP contribution is -2.52. The van der Waals surface area contributed by atoms with Crippen molar-refractivity contribution < 1.29 is 18.0 Å². The Hall–Kier alpha value is -2.58. The van der Waals surface area contributed by atoms with Crippen LogP contribution in [0.25, 0.3) is 0 Å². The van der Waals surface area contributed by atoms with Gasteiger partial charge in [0.2, 0.25) is 21.8 Å². The second-order valence-electron chi connectivity index (χ2n) is 9.32. The molecule has 3 rings (SSSR count). The van der Waals surface area contributed by atoms with Gasteiger partial charge in [-0.05, 0) is 62.4 Å². The van der Waals surface area contributed by atoms with Crippen LogP contribution >= 0.6 is 11.6 Å². The van der Waals surface area contributed by atoms with Gasteiger partial charge in [0, 0.05) is 17.6 Å². The van der Waals surface area contributed by atoms with Crippen molar-refractivity contribution >= 4 is 39.1 Å². The third-order valence-corrected chi connectivity index (χ3v) is 8.14. The molecule has 7 nitrogen and oxygen atoms in total. The van der Waals surface area contributed by atoms with E-state index in [9.17, 15) is 18.0 Å². The maximum Gasteiger partial charge on any atom is 0.244 e. The van der Waals surface area contributed by atoms with Crippen molar-refractivity contribution in [3.05, 3.63) is 64.2 Å². The topological polar surface area (TPSA) is 86.8 Å². The Balaban J connectivity index is 1.90. The molecule has 1 atom stereocenters. The van der Waals surface area contributed by atoms with Crippen LogP contribution in [0.15, 0.2) is 42.5 Å². The van der Waals surface area contributed by atoms with Gasteiger partial charge in [0.1, 0.15) is 12.6 Å². The molecule has 1 aliphatic carbocycles. The van der Waals surface area contributed by atoms with Gasteiger partial charge in [0.05, 0.1) is 11.9 Å². The zero-order chi connectivity index (χ0) is 25.8. The second kappa shape index (κ2) is 11.4. The van der Waals surface area contributed by atoms with Crippen LogP contribution in [-0.2, 0) is 26.2 Å². The quantitative estimate of drug-likeness (QED) is 0.538. The molecule has 2 amide bonds. The lowest BCUT2D eigenvalue weighted by molar-refractivity contribution is -0.139. The Labute approximate surface area is 213 Å². The van der Waals surface area contributed by atoms with E-state index in [4.69, 9.17) is 11.6 Å². The van der Waals surface area contributed by atoms with Crippen LogP contribution < -0.4 is 9.62 Å². The summed E-state index contributed by atoms with van der Waals surface area (Å²) >= 11 is 6.24. The number of nitrogens with one attached hydrogen (secondary N) is 1. The van der Waals surface area contributed by atoms with Crippen molar-refractivity contribution in [2.24, 2.45) is 0 Å². The Morgan fingerprint density at radius 2 is 1.74 bits per heavy atom. The number of benzene rings is 2. The first-order valence-electron chi connectivity index (χ1n) is 11.9. The van der Waals surface area contributed by atoms with Crippen LogP contribution in [0.4, 0.5) is 5.69 Å². The Kier molecular flexibility index (Phi) is 8.83. The van der Waals surface area contributed by atoms with Crippen molar-refractivity contribution in [2.75, 3.05) is 17.1 Å². The molecule has 9 heteroatoms. The molecule has 0 unspecified atom stereocenters. The van der Waals surface area contributed by atoms with Gasteiger partial charge in [-0.3, -0.25) is 13.9 Å². The molecule has 0 bridgehead atoms. The number of anilines is 1. The molecule has 35 heavy (non-hydrogen) atoms. The monoisotopic (exact) mass is 519 g/mol. The molecule has 1 fully saturated rings. The van der Waals surface area contributed by atoms with Crippen LogP contribution in [-0.4, -0.2) is 50.0 Å². The van der Waals surface area contributed by atoms with Crippen LogP contribution in [0.3, 0.4) is 0 Å². The molecule has 0 saturated heterocycles. The highest BCUT2D eigenvalue weighted by Crippen LogP contribution is 2.26. The number of hydrogen-bond donors (Lipinski definition) is 1. The highest BCUT2D eigenvalue weighted by atomic mass is 35.5. The van der Waals surface area contributed by atoms with Gasteiger partial charge in [-0.25, -0.2) is 8.42 Å². The summed E-state index contributed by atoms with van der Waals surface area (Å²) in [6.45, 7) is 5.20. The Bertz CT molecular complexity index is 1180. The van der Waals surface area contributed by atoms with Crippen molar-refractivity contribution in [3.8, 4) is 0 Å². The zero-order valence-electron chi connectivity index (χ0n) is 20.8. The molecule has 0 aromatic heterocycles. The van der Waals surface area contributed by atoms with E-state index in [-0.39, 0.29) is 18.5 Å². The van der Waals surface area contributed by atoms with Crippen LogP contribution in [0.2, 0.25) is 5.02 Å². The molecule has 2 aromatic carbocycles. The molecule has 0 radical (unpaired) electrons. The van der Waals surface area contributed by atoms with Crippen LogP contribution in [0.5, 0.6) is 0 Å². The van der Waals surface area contributed by atoms with E-state index in [1.807, 2.05) is 38.1 Å². The molecule has 1 aliphatic rings. The summed E-state index contributed by atoms with van der Waals surface area (Å²) in [7, 11) is -3.80. The van der Waals surface area contributed by atoms with Crippen molar-refractivity contribution in [1.29, 1.82) is 0 Å². The fourth-order valence-electron chi connectivity index (χ4n) is 4.30. The summed E-state index contributed by atoms with van der Waals surface area (Å²) < 4.78 is 26.4. The Morgan fingerprint density at radius 3 is 2.34 bits per heavy atom. The van der Waals surface area contributed by atoms with Gasteiger partial charge in [0.25, 0.3) is 0 Å². The van der Waals surface area contributed by atoms with Gasteiger partial charge in [-0.2, -0.15) is 0 Å². The molecular weight excluding hydrogens is 486 g/mol. The maximum atomic E-state index is 13.6. The number of nitrogens with zero attached hydrogens (tertiary/aromatic N) is 2. The number of hydrogen-bond acceptors (Lipinski definition) is 4. The number of rotatable bonds is 9. The SMILES string of the molecule is Cc1ccc(N(CC(=O)N(Cc2ccccc2C)[C@@H](C)C(=O)NC2CCCC2)S(C)(=O)=O)cc1Cl. The van der Waals surface area contributed by atoms with Gasteiger partial charge in [0.15, 0.2) is 0 Å². The minimum Gasteiger partial charge on any atom is -0.352 e. The van der Waals surface area contributed by atoms with Crippen molar-refractivity contribution in [3.63, 3.8) is 0 Å². The fourth-order valence-corrected chi connectivity index (χ4v) is 5.31. The molecule has 0 aliphatic heterocycles. The van der Waals surface area contributed by atoms with E-state index in [2.05, 4.69) is 5.32 Å². The zero-order valence-corrected chi connectivity index (χ0v) is 22.3. The molecule has 190 valence electrons. The predicted octanol–water partition coefficient (Wildman–Crippen LogP) is 4.20. The summed E-state index contributed by atoms with van der Waals surface area (Å²) in [5, 5.41) is 3.47. The first-order valence-corrected chi connectivity index (χ1v) is 14.1. The summed E-state index contributed by atoms with van der Waals surface area (Å²) in [6, 6.07) is 11.9. The van der Waals surface area contributed by atoms with E-state index in [1.54, 1.807) is 19.1 Å². The van der Waals surface area contributed by atoms with E-state index in [1.165, 1.54) is 11.0 Å². The minimum absolute atomic E-state index is 0.114. The number of carbonyl (C=O) groups is 2. The van der Waals surface area contributed by atoms with Gasteiger partial charge in [-0.15, -0.1) is 0 Å². The first kappa shape index (κ1) is 27.0. The number of amides is 2. The number of halogens is 1. The lowest BCUT2D eigenvalue weighted by Gasteiger charge is -2.32. The highest BCUT2D eigenvalue weighted by Gasteiger charge is 2.31. The summed E-state index contributed by atoms with van der Waals surface area (Å²) in [4.78, 5) is 28.2. The highest BCUT2D eigenvalue weighted by molar-refractivity contribution is 7.92. The fraction of sp³-hybridized carbons (Fsp3) is 0.462. The largest absolute Gasteiger partial charge is 0.352 e. The van der Waals surface area contributed by atoms with Gasteiger partial charge in [-0.1, -0.05) is 54.8 Å². The maximum absolute atomic E-state index is 13.6. The Morgan fingerprint density at radius 1 is 1.09 bits per heavy atom. The first-order chi connectivity index (χ1) is 16.5. The summed E-state index contributed by atoms with van der Waals surface area (Å²) in [6.07, 6.45) is 5.07. The molecule has 0 heterocycles. The average molecular weight is 520 g/mol. The standard InChI is InChI=1S/C26H34ClN3O4S/c1-18-9-5-6-10-21(18)16-29(20(3)26(32)28-22-11-7-8-12-22)25(31)17-30(35(4,33)34)23-14-13-19(2)24(27)15-23/h5-6,9-10,13-15,20,22H,7-8,11-12,16-17H2,1-4H3,(H,28,32)/t20-/m0/s1. The predicted molar refractivity (Wildman–Crippen MR) is 140 cm³/mol. The third kappa shape index (κ3) is 6.98. The average Bonchev–Trinajstić information content (AvgIpc) is 3.30. The van der Waals surface area contributed by atoms with E-state index < -0.39 is 28.5 Å². The third-order valence-electron chi connectivity index (χ3n) is 6.59. The normalized spacial score (nSPS) is 15.0. The minimum atomic E-state index is -3.80. The second-order valence-corrected chi connectivity index (χ2v) is 11.6. The summed E-state index contributed by atoms with van der Waals surface area (Å²) in [5.41, 5.74) is 2.98. The molecular formula is C26H34ClN3O4S. The molecule has 0 spiro atoms. The number of aryl methyl sites for hydroxylation is 2. The van der Waals surface area contributed by atoms with E-state index in [0.29, 0.717) is 10.7 Å². The molecule has 2 aromatic rings. The number of carbonyl (C=O) groups excluding carboxylic acids is 2. The summed E-state index contributed by atoms with van der Waals surface area (Å²) in [5.74, 6) is -0.701. The van der Waals surface area contributed by atoms with Crippen molar-refractivity contribution in [1.82, 2.24) is 10.2 Å². The van der Waals surface area contributed by atoms with Crippen LogP contribution in [0.1, 0.15) is 49.3 Å². The number of sulfonamides is 1. The van der Waals surface area contributed by atoms with E-state index >= 15 is 0 Å². The molecule has 1 N–H and O–H groups in total. The molecule has 1 saturated carbocycles. The van der Waals surface area contributed by atoms with Crippen LogP contribution in [0, 0.1) is 13.8 Å². The van der Waals surface area contributed by atoms with Gasteiger partial charge < -0.3 is 10.2 Å². The van der Waals surface area contributed by atoms with Gasteiger partial charge >= 0.3 is 0 Å². The lowest BCUT2D eigenvalue weighted by atomic mass is 10.1. The van der Waals surface area contributed by atoms with Crippen molar-refractivity contribution in [2.45, 2.75) is 65.1 Å². The smallest absolute Gasteiger partial charge is 0.244 e.